The Bertz CT molecular complexity index is 1470. The molecule has 166 valence electrons. The Kier molecular flexibility index (Phi) is 5.17. The molecule has 0 N–H and O–H groups in total. The second-order valence-corrected chi connectivity index (χ2v) is 9.29. The summed E-state index contributed by atoms with van der Waals surface area (Å²) in [5.74, 6) is 0. The van der Waals surface area contributed by atoms with Crippen LogP contribution < -0.4 is 4.90 Å². The second-order valence-electron chi connectivity index (χ2n) is 7.87. The number of pyridine rings is 2. The van der Waals surface area contributed by atoms with Gasteiger partial charge in [-0.2, -0.15) is 5.10 Å². The van der Waals surface area contributed by atoms with Crippen LogP contribution in [0.2, 0.25) is 5.02 Å². The summed E-state index contributed by atoms with van der Waals surface area (Å²) < 4.78 is 9.26. The van der Waals surface area contributed by atoms with Gasteiger partial charge in [0.15, 0.2) is 10.8 Å². The number of hydrogen-bond donors (Lipinski definition) is 0. The van der Waals surface area contributed by atoms with E-state index >= 15 is 0 Å². The van der Waals surface area contributed by atoms with Crippen LogP contribution in [0.3, 0.4) is 0 Å². The first-order chi connectivity index (χ1) is 16.2. The van der Waals surface area contributed by atoms with E-state index in [2.05, 4.69) is 31.2 Å². The summed E-state index contributed by atoms with van der Waals surface area (Å²) in [4.78, 5) is 7.88. The highest BCUT2D eigenvalue weighted by Crippen LogP contribution is 2.36. The number of morpholine rings is 1. The summed E-state index contributed by atoms with van der Waals surface area (Å²) in [6.45, 7) is 3.02. The summed E-state index contributed by atoms with van der Waals surface area (Å²) in [5, 5.41) is 15.4. The van der Waals surface area contributed by atoms with Gasteiger partial charge >= 0.3 is 0 Å². The number of halogens is 1. The molecule has 1 aromatic carbocycles. The normalized spacial score (nSPS) is 14.4. The van der Waals surface area contributed by atoms with Gasteiger partial charge in [0.1, 0.15) is 0 Å². The number of rotatable bonds is 4. The molecule has 0 saturated carbocycles. The van der Waals surface area contributed by atoms with Crippen molar-refractivity contribution in [3.63, 3.8) is 0 Å². The first-order valence-electron chi connectivity index (χ1n) is 10.6. The zero-order valence-electron chi connectivity index (χ0n) is 17.8. The van der Waals surface area contributed by atoms with Crippen molar-refractivity contribution in [2.45, 2.75) is 10.1 Å². The van der Waals surface area contributed by atoms with Gasteiger partial charge in [-0.05, 0) is 42.1 Å². The highest BCUT2D eigenvalue weighted by Gasteiger charge is 2.17. The molecule has 0 unspecified atom stereocenters. The van der Waals surface area contributed by atoms with Crippen molar-refractivity contribution in [3.8, 4) is 11.1 Å². The van der Waals surface area contributed by atoms with Crippen LogP contribution >= 0.6 is 23.4 Å². The zero-order valence-corrected chi connectivity index (χ0v) is 19.4. The maximum Gasteiger partial charge on any atom is 0.200 e. The average Bonchev–Trinajstić information content (AvgIpc) is 3.46. The van der Waals surface area contributed by atoms with Gasteiger partial charge < -0.3 is 9.64 Å². The number of aromatic nitrogens is 6. The van der Waals surface area contributed by atoms with Crippen molar-refractivity contribution in [2.75, 3.05) is 31.2 Å². The molecule has 1 saturated heterocycles. The molecule has 0 amide bonds. The van der Waals surface area contributed by atoms with E-state index in [1.54, 1.807) is 16.4 Å². The van der Waals surface area contributed by atoms with Crippen LogP contribution in [0, 0.1) is 0 Å². The fourth-order valence-corrected chi connectivity index (χ4v) is 5.17. The van der Waals surface area contributed by atoms with E-state index < -0.39 is 0 Å². The number of fused-ring (bicyclic) bond motifs is 2. The fourth-order valence-electron chi connectivity index (χ4n) is 4.00. The summed E-state index contributed by atoms with van der Waals surface area (Å²) in [6.07, 6.45) is 7.74. The van der Waals surface area contributed by atoms with Crippen molar-refractivity contribution in [2.24, 2.45) is 7.05 Å². The largest absolute Gasteiger partial charge is 0.378 e. The maximum atomic E-state index is 6.84. The summed E-state index contributed by atoms with van der Waals surface area (Å²) >= 11 is 8.39. The Hall–Kier alpha value is -3.14. The summed E-state index contributed by atoms with van der Waals surface area (Å²) in [6, 6.07) is 10.1. The SMILES string of the molecule is Cn1cc(-c2ccc3nnc(Sc4ccc5ncc(N6CCOCC6)c(Cl)c5c4)n3c2)cn1. The van der Waals surface area contributed by atoms with Crippen molar-refractivity contribution in [1.82, 2.24) is 29.4 Å². The molecule has 1 fully saturated rings. The van der Waals surface area contributed by atoms with Gasteiger partial charge in [0.2, 0.25) is 0 Å². The number of benzene rings is 1. The van der Waals surface area contributed by atoms with E-state index in [-0.39, 0.29) is 0 Å². The van der Waals surface area contributed by atoms with Crippen LogP contribution in [0.5, 0.6) is 0 Å². The molecular formula is C23H20ClN7OS. The Balaban J connectivity index is 1.36. The van der Waals surface area contributed by atoms with Crippen LogP contribution in [0.4, 0.5) is 5.69 Å². The van der Waals surface area contributed by atoms with Gasteiger partial charge in [0.05, 0.1) is 41.8 Å². The molecule has 4 aromatic heterocycles. The molecule has 0 atom stereocenters. The quantitative estimate of drug-likeness (QED) is 0.381. The van der Waals surface area contributed by atoms with Crippen molar-refractivity contribution >= 4 is 45.6 Å². The molecule has 0 spiro atoms. The molecule has 33 heavy (non-hydrogen) atoms. The predicted octanol–water partition coefficient (Wildman–Crippen LogP) is 4.32. The van der Waals surface area contributed by atoms with E-state index in [0.29, 0.717) is 18.2 Å². The minimum atomic E-state index is 0.700. The molecule has 0 radical (unpaired) electrons. The summed E-state index contributed by atoms with van der Waals surface area (Å²) in [7, 11) is 1.91. The molecule has 1 aliphatic rings. The molecular weight excluding hydrogens is 458 g/mol. The molecule has 1 aliphatic heterocycles. The Morgan fingerprint density at radius 1 is 1.00 bits per heavy atom. The number of nitrogens with zero attached hydrogens (tertiary/aromatic N) is 7. The third-order valence-electron chi connectivity index (χ3n) is 5.73. The van der Waals surface area contributed by atoms with Gasteiger partial charge in [-0.15, -0.1) is 10.2 Å². The van der Waals surface area contributed by atoms with Gasteiger partial charge in [-0.3, -0.25) is 14.1 Å². The lowest BCUT2D eigenvalue weighted by Gasteiger charge is -2.29. The van der Waals surface area contributed by atoms with E-state index in [0.717, 1.165) is 56.5 Å². The third-order valence-corrected chi connectivity index (χ3v) is 7.07. The lowest BCUT2D eigenvalue weighted by Crippen LogP contribution is -2.36. The lowest BCUT2D eigenvalue weighted by molar-refractivity contribution is 0.122. The highest BCUT2D eigenvalue weighted by atomic mass is 35.5. The predicted molar refractivity (Wildman–Crippen MR) is 129 cm³/mol. The molecule has 0 aliphatic carbocycles. The van der Waals surface area contributed by atoms with Gasteiger partial charge in [0.25, 0.3) is 0 Å². The van der Waals surface area contributed by atoms with E-state index in [9.17, 15) is 0 Å². The van der Waals surface area contributed by atoms with E-state index in [1.165, 1.54) is 0 Å². The van der Waals surface area contributed by atoms with Gasteiger partial charge in [0, 0.05) is 53.9 Å². The molecule has 10 heteroatoms. The van der Waals surface area contributed by atoms with Crippen molar-refractivity contribution in [1.29, 1.82) is 0 Å². The molecule has 0 bridgehead atoms. The smallest absolute Gasteiger partial charge is 0.200 e. The minimum Gasteiger partial charge on any atom is -0.378 e. The zero-order chi connectivity index (χ0) is 22.4. The van der Waals surface area contributed by atoms with Gasteiger partial charge in [-0.25, -0.2) is 0 Å². The van der Waals surface area contributed by atoms with E-state index in [4.69, 9.17) is 16.3 Å². The van der Waals surface area contributed by atoms with Crippen LogP contribution in [-0.4, -0.2) is 55.7 Å². The Morgan fingerprint density at radius 3 is 2.70 bits per heavy atom. The fraction of sp³-hybridized carbons (Fsp3) is 0.217. The topological polar surface area (TPSA) is 73.4 Å². The standard InChI is InChI=1S/C23H20ClN7OS/c1-29-13-16(11-26-29)15-2-5-21-27-28-23(31(21)14-15)33-17-3-4-19-18(10-17)22(24)20(12-25-19)30-6-8-32-9-7-30/h2-5,10-14H,6-9H2,1H3. The van der Waals surface area contributed by atoms with E-state index in [1.807, 2.05) is 60.5 Å². The molecule has 5 heterocycles. The van der Waals surface area contributed by atoms with Crippen LogP contribution in [0.25, 0.3) is 27.7 Å². The summed E-state index contributed by atoms with van der Waals surface area (Å²) in [5.41, 5.74) is 4.71. The lowest BCUT2D eigenvalue weighted by atomic mass is 10.2. The Labute approximate surface area is 199 Å². The monoisotopic (exact) mass is 477 g/mol. The first-order valence-corrected chi connectivity index (χ1v) is 11.8. The highest BCUT2D eigenvalue weighted by molar-refractivity contribution is 7.99. The number of ether oxygens (including phenoxy) is 1. The van der Waals surface area contributed by atoms with Crippen LogP contribution in [0.15, 0.2) is 65.2 Å². The number of anilines is 1. The third kappa shape index (κ3) is 3.82. The molecule has 5 aromatic rings. The molecule has 8 nitrogen and oxygen atoms in total. The van der Waals surface area contributed by atoms with Gasteiger partial charge in [-0.1, -0.05) is 11.6 Å². The number of hydrogen-bond acceptors (Lipinski definition) is 7. The number of aryl methyl sites for hydroxylation is 1. The van der Waals surface area contributed by atoms with Crippen molar-refractivity contribution in [3.05, 3.63) is 60.1 Å². The maximum absolute atomic E-state index is 6.84. The first kappa shape index (κ1) is 20.5. The second kappa shape index (κ2) is 8.33. The average molecular weight is 478 g/mol. The molecule has 6 rings (SSSR count). The minimum absolute atomic E-state index is 0.700. The van der Waals surface area contributed by atoms with Crippen molar-refractivity contribution < 1.29 is 4.74 Å². The van der Waals surface area contributed by atoms with Crippen LogP contribution in [-0.2, 0) is 11.8 Å². The Morgan fingerprint density at radius 2 is 1.88 bits per heavy atom. The van der Waals surface area contributed by atoms with Crippen LogP contribution in [0.1, 0.15) is 0 Å².